The highest BCUT2D eigenvalue weighted by Crippen LogP contribution is 2.55. The van der Waals surface area contributed by atoms with Gasteiger partial charge in [0.1, 0.15) is 0 Å². The van der Waals surface area contributed by atoms with Gasteiger partial charge < -0.3 is 5.73 Å². The average Bonchev–Trinajstić information content (AvgIpc) is 3.03. The second-order valence-electron chi connectivity index (χ2n) is 4.82. The molecule has 0 aromatic carbocycles. The standard InChI is InChI=1S/C11H17N3/c12-10-6-13-14(7-10)4-3-9-5-11(9)8-1-2-8/h6-9,11H,1-5,12H2/t9-,11+/m1/s1. The van der Waals surface area contributed by atoms with Gasteiger partial charge in [0.15, 0.2) is 0 Å². The summed E-state index contributed by atoms with van der Waals surface area (Å²) >= 11 is 0. The predicted octanol–water partition coefficient (Wildman–Crippen LogP) is 1.90. The van der Waals surface area contributed by atoms with E-state index in [2.05, 4.69) is 5.10 Å². The number of hydrogen-bond donors (Lipinski definition) is 1. The van der Waals surface area contributed by atoms with Crippen molar-refractivity contribution in [3.8, 4) is 0 Å². The van der Waals surface area contributed by atoms with Gasteiger partial charge in [-0.25, -0.2) is 0 Å². The molecule has 2 saturated carbocycles. The van der Waals surface area contributed by atoms with E-state index in [4.69, 9.17) is 5.73 Å². The number of nitrogens with zero attached hydrogens (tertiary/aromatic N) is 2. The van der Waals surface area contributed by atoms with Crippen LogP contribution in [0.15, 0.2) is 12.4 Å². The van der Waals surface area contributed by atoms with Crippen molar-refractivity contribution in [2.75, 3.05) is 5.73 Å². The van der Waals surface area contributed by atoms with Crippen LogP contribution in [0.4, 0.5) is 5.69 Å². The summed E-state index contributed by atoms with van der Waals surface area (Å²) in [5.74, 6) is 3.17. The summed E-state index contributed by atoms with van der Waals surface area (Å²) in [6.45, 7) is 1.05. The number of anilines is 1. The third-order valence-electron chi connectivity index (χ3n) is 3.59. The fraction of sp³-hybridized carbons (Fsp3) is 0.727. The summed E-state index contributed by atoms with van der Waals surface area (Å²) in [5, 5.41) is 4.19. The first-order valence-corrected chi connectivity index (χ1v) is 5.61. The monoisotopic (exact) mass is 191 g/mol. The van der Waals surface area contributed by atoms with Gasteiger partial charge in [-0.1, -0.05) is 0 Å². The SMILES string of the molecule is Nc1cnn(CC[C@@H]2C[C@H]2C2CC2)c1. The zero-order valence-corrected chi connectivity index (χ0v) is 8.39. The highest BCUT2D eigenvalue weighted by molar-refractivity contribution is 5.30. The van der Waals surface area contributed by atoms with Crippen LogP contribution in [0, 0.1) is 17.8 Å². The maximum Gasteiger partial charge on any atom is 0.0719 e. The van der Waals surface area contributed by atoms with Crippen LogP contribution in [0.1, 0.15) is 25.7 Å². The molecule has 2 atom stereocenters. The van der Waals surface area contributed by atoms with Crippen molar-refractivity contribution in [1.82, 2.24) is 9.78 Å². The van der Waals surface area contributed by atoms with Crippen molar-refractivity contribution in [1.29, 1.82) is 0 Å². The first-order valence-electron chi connectivity index (χ1n) is 5.61. The number of nitrogens with two attached hydrogens (primary N) is 1. The van der Waals surface area contributed by atoms with Crippen molar-refractivity contribution in [3.63, 3.8) is 0 Å². The molecule has 0 amide bonds. The van der Waals surface area contributed by atoms with Crippen LogP contribution >= 0.6 is 0 Å². The van der Waals surface area contributed by atoms with E-state index in [1.165, 1.54) is 25.7 Å². The lowest BCUT2D eigenvalue weighted by Gasteiger charge is -2.00. The van der Waals surface area contributed by atoms with E-state index in [-0.39, 0.29) is 0 Å². The molecule has 0 spiro atoms. The highest BCUT2D eigenvalue weighted by Gasteiger charge is 2.46. The molecule has 0 radical (unpaired) electrons. The number of rotatable bonds is 4. The molecule has 76 valence electrons. The molecule has 0 aliphatic heterocycles. The van der Waals surface area contributed by atoms with Crippen molar-refractivity contribution in [2.24, 2.45) is 17.8 Å². The van der Waals surface area contributed by atoms with Gasteiger partial charge in [0, 0.05) is 12.7 Å². The van der Waals surface area contributed by atoms with E-state index >= 15 is 0 Å². The Balaban J connectivity index is 1.46. The summed E-state index contributed by atoms with van der Waals surface area (Å²) in [4.78, 5) is 0. The van der Waals surface area contributed by atoms with Crippen LogP contribution in [0.3, 0.4) is 0 Å². The number of hydrogen-bond acceptors (Lipinski definition) is 2. The van der Waals surface area contributed by atoms with Gasteiger partial charge >= 0.3 is 0 Å². The molecule has 2 N–H and O–H groups in total. The second kappa shape index (κ2) is 3.01. The summed E-state index contributed by atoms with van der Waals surface area (Å²) in [6.07, 6.45) is 9.41. The molecule has 0 bridgehead atoms. The number of nitrogen functional groups attached to an aromatic ring is 1. The van der Waals surface area contributed by atoms with Gasteiger partial charge in [-0.2, -0.15) is 5.10 Å². The van der Waals surface area contributed by atoms with E-state index in [0.717, 1.165) is 30.0 Å². The lowest BCUT2D eigenvalue weighted by molar-refractivity contribution is 0.509. The van der Waals surface area contributed by atoms with Crippen molar-refractivity contribution in [2.45, 2.75) is 32.2 Å². The Kier molecular flexibility index (Phi) is 1.79. The minimum Gasteiger partial charge on any atom is -0.396 e. The molecule has 14 heavy (non-hydrogen) atoms. The molecule has 2 aliphatic carbocycles. The molecular formula is C11H17N3. The summed E-state index contributed by atoms with van der Waals surface area (Å²) in [7, 11) is 0. The van der Waals surface area contributed by atoms with E-state index in [1.807, 2.05) is 10.9 Å². The van der Waals surface area contributed by atoms with Gasteiger partial charge in [-0.3, -0.25) is 4.68 Å². The van der Waals surface area contributed by atoms with Crippen LogP contribution in [0.5, 0.6) is 0 Å². The number of aryl methyl sites for hydroxylation is 1. The quantitative estimate of drug-likeness (QED) is 0.790. The van der Waals surface area contributed by atoms with Gasteiger partial charge in [-0.05, 0) is 43.4 Å². The van der Waals surface area contributed by atoms with Gasteiger partial charge in [0.05, 0.1) is 11.9 Å². The molecule has 1 heterocycles. The third kappa shape index (κ3) is 1.63. The predicted molar refractivity (Wildman–Crippen MR) is 55.6 cm³/mol. The summed E-state index contributed by atoms with van der Waals surface area (Å²) < 4.78 is 1.97. The summed E-state index contributed by atoms with van der Waals surface area (Å²) in [6, 6.07) is 0. The van der Waals surface area contributed by atoms with E-state index in [9.17, 15) is 0 Å². The average molecular weight is 191 g/mol. The van der Waals surface area contributed by atoms with Crippen LogP contribution in [0.2, 0.25) is 0 Å². The smallest absolute Gasteiger partial charge is 0.0719 e. The zero-order chi connectivity index (χ0) is 9.54. The Morgan fingerprint density at radius 1 is 1.50 bits per heavy atom. The first-order chi connectivity index (χ1) is 6.83. The molecular weight excluding hydrogens is 174 g/mol. The zero-order valence-electron chi connectivity index (χ0n) is 8.39. The molecule has 3 rings (SSSR count). The Labute approximate surface area is 84.3 Å². The van der Waals surface area contributed by atoms with Gasteiger partial charge in [-0.15, -0.1) is 0 Å². The highest BCUT2D eigenvalue weighted by atomic mass is 15.3. The molecule has 1 aromatic heterocycles. The first kappa shape index (κ1) is 8.33. The van der Waals surface area contributed by atoms with Crippen LogP contribution in [-0.4, -0.2) is 9.78 Å². The molecule has 0 saturated heterocycles. The Hall–Kier alpha value is -0.990. The van der Waals surface area contributed by atoms with Crippen LogP contribution in [-0.2, 0) is 6.54 Å². The lowest BCUT2D eigenvalue weighted by Crippen LogP contribution is -2.00. The second-order valence-corrected chi connectivity index (χ2v) is 4.82. The van der Waals surface area contributed by atoms with Crippen molar-refractivity contribution in [3.05, 3.63) is 12.4 Å². The maximum atomic E-state index is 5.60. The van der Waals surface area contributed by atoms with Gasteiger partial charge in [0.25, 0.3) is 0 Å². The van der Waals surface area contributed by atoms with Crippen molar-refractivity contribution >= 4 is 5.69 Å². The molecule has 2 aliphatic rings. The summed E-state index contributed by atoms with van der Waals surface area (Å²) in [5.41, 5.74) is 6.38. The van der Waals surface area contributed by atoms with E-state index < -0.39 is 0 Å². The van der Waals surface area contributed by atoms with E-state index in [0.29, 0.717) is 0 Å². The molecule has 0 unspecified atom stereocenters. The van der Waals surface area contributed by atoms with Crippen molar-refractivity contribution < 1.29 is 0 Å². The molecule has 2 fully saturated rings. The largest absolute Gasteiger partial charge is 0.396 e. The topological polar surface area (TPSA) is 43.8 Å². The maximum absolute atomic E-state index is 5.60. The van der Waals surface area contributed by atoms with Gasteiger partial charge in [0.2, 0.25) is 0 Å². The Morgan fingerprint density at radius 2 is 2.36 bits per heavy atom. The minimum absolute atomic E-state index is 0.777. The number of aromatic nitrogens is 2. The molecule has 1 aromatic rings. The Bertz CT molecular complexity index is 327. The fourth-order valence-electron chi connectivity index (χ4n) is 2.50. The Morgan fingerprint density at radius 3 is 3.00 bits per heavy atom. The normalized spacial score (nSPS) is 30.6. The van der Waals surface area contributed by atoms with E-state index in [1.54, 1.807) is 6.20 Å². The molecule has 3 heteroatoms. The lowest BCUT2D eigenvalue weighted by atomic mass is 10.2. The third-order valence-corrected chi connectivity index (χ3v) is 3.59. The fourth-order valence-corrected chi connectivity index (χ4v) is 2.50. The van der Waals surface area contributed by atoms with Crippen LogP contribution in [0.25, 0.3) is 0 Å². The van der Waals surface area contributed by atoms with Crippen LogP contribution < -0.4 is 5.73 Å². The molecule has 3 nitrogen and oxygen atoms in total. The minimum atomic E-state index is 0.777.